The number of hydrazine groups is 2. The highest BCUT2D eigenvalue weighted by Crippen LogP contribution is 2.30. The second-order valence-electron chi connectivity index (χ2n) is 7.29. The van der Waals surface area contributed by atoms with Crippen LogP contribution in [0.2, 0.25) is 0 Å². The zero-order chi connectivity index (χ0) is 20.7. The number of ether oxygens (including phenoxy) is 1. The summed E-state index contributed by atoms with van der Waals surface area (Å²) in [5.41, 5.74) is 12.6. The number of methoxy groups -OCH3 is 1. The Balaban J connectivity index is 0.000000202. The van der Waals surface area contributed by atoms with E-state index < -0.39 is 0 Å². The summed E-state index contributed by atoms with van der Waals surface area (Å²) in [6.07, 6.45) is 1.68. The van der Waals surface area contributed by atoms with Crippen LogP contribution in [0.4, 0.5) is 11.4 Å². The fourth-order valence-corrected chi connectivity index (χ4v) is 2.65. The SMILES string of the molecule is C=Cc1cc2ccc(NN)cc2o1.CNNc1cc(C(C)(C)C)ccc1OC. The van der Waals surface area contributed by atoms with Crippen LogP contribution in [0.3, 0.4) is 0 Å². The smallest absolute Gasteiger partial charge is 0.143 e. The molecular formula is C22H30N4O2. The second-order valence-corrected chi connectivity index (χ2v) is 7.29. The minimum Gasteiger partial charge on any atom is -0.495 e. The van der Waals surface area contributed by atoms with Crippen LogP contribution in [0.5, 0.6) is 5.75 Å². The van der Waals surface area contributed by atoms with Gasteiger partial charge in [0.15, 0.2) is 0 Å². The molecule has 0 aliphatic rings. The van der Waals surface area contributed by atoms with Crippen molar-refractivity contribution in [1.82, 2.24) is 5.43 Å². The molecule has 0 fully saturated rings. The minimum atomic E-state index is 0.149. The molecule has 0 unspecified atom stereocenters. The number of hydrogen-bond donors (Lipinski definition) is 4. The van der Waals surface area contributed by atoms with Crippen LogP contribution in [0, 0.1) is 0 Å². The van der Waals surface area contributed by atoms with E-state index in [4.69, 9.17) is 15.0 Å². The van der Waals surface area contributed by atoms with Crippen LogP contribution in [0.1, 0.15) is 32.1 Å². The van der Waals surface area contributed by atoms with Gasteiger partial charge in [0.05, 0.1) is 18.5 Å². The number of benzene rings is 2. The van der Waals surface area contributed by atoms with E-state index in [-0.39, 0.29) is 5.41 Å². The maximum absolute atomic E-state index is 5.45. The number of anilines is 2. The summed E-state index contributed by atoms with van der Waals surface area (Å²) in [5.74, 6) is 6.88. The van der Waals surface area contributed by atoms with Gasteiger partial charge in [0.2, 0.25) is 0 Å². The Morgan fingerprint density at radius 1 is 1.11 bits per heavy atom. The Morgan fingerprint density at radius 3 is 2.43 bits per heavy atom. The van der Waals surface area contributed by atoms with Gasteiger partial charge in [-0.3, -0.25) is 5.84 Å². The molecule has 0 saturated heterocycles. The van der Waals surface area contributed by atoms with Crippen molar-refractivity contribution >= 4 is 28.4 Å². The van der Waals surface area contributed by atoms with Crippen molar-refractivity contribution in [2.45, 2.75) is 26.2 Å². The summed E-state index contributed by atoms with van der Waals surface area (Å²) in [6, 6.07) is 13.8. The molecule has 150 valence electrons. The van der Waals surface area contributed by atoms with Crippen molar-refractivity contribution in [3.8, 4) is 5.75 Å². The van der Waals surface area contributed by atoms with Crippen molar-refractivity contribution < 1.29 is 9.15 Å². The molecule has 0 bridgehead atoms. The number of furan rings is 1. The normalized spacial score (nSPS) is 10.8. The molecule has 1 heterocycles. The second kappa shape index (κ2) is 9.30. The summed E-state index contributed by atoms with van der Waals surface area (Å²) in [6.45, 7) is 10.2. The molecule has 28 heavy (non-hydrogen) atoms. The number of hydrogen-bond acceptors (Lipinski definition) is 6. The lowest BCUT2D eigenvalue weighted by atomic mass is 9.87. The van der Waals surface area contributed by atoms with Crippen molar-refractivity contribution in [2.75, 3.05) is 25.0 Å². The van der Waals surface area contributed by atoms with Crippen LogP contribution in [-0.2, 0) is 5.41 Å². The lowest BCUT2D eigenvalue weighted by Crippen LogP contribution is -2.17. The number of nitrogen functional groups attached to an aromatic ring is 1. The zero-order valence-electron chi connectivity index (χ0n) is 17.2. The fourth-order valence-electron chi connectivity index (χ4n) is 2.65. The average molecular weight is 383 g/mol. The summed E-state index contributed by atoms with van der Waals surface area (Å²) >= 11 is 0. The lowest BCUT2D eigenvalue weighted by molar-refractivity contribution is 0.415. The van der Waals surface area contributed by atoms with Gasteiger partial charge in [-0.2, -0.15) is 0 Å². The standard InChI is InChI=1S/C12H20N2O.C10H10N2O/c1-12(2,3)9-6-7-11(15-5)10(8-9)14-13-4;1-2-9-5-7-3-4-8(12-11)6-10(7)13-9/h6-8,13-14H,1-5H3;2-6,12H,1,11H2. The van der Waals surface area contributed by atoms with E-state index in [1.165, 1.54) is 5.56 Å². The Hall–Kier alpha value is -2.96. The maximum atomic E-state index is 5.45. The molecule has 3 aromatic rings. The summed E-state index contributed by atoms with van der Waals surface area (Å²) in [7, 11) is 3.51. The Morgan fingerprint density at radius 2 is 1.86 bits per heavy atom. The molecule has 3 rings (SSSR count). The fraction of sp³-hybridized carbons (Fsp3) is 0.273. The Labute approximate surface area is 166 Å². The number of fused-ring (bicyclic) bond motifs is 1. The van der Waals surface area contributed by atoms with Gasteiger partial charge in [-0.15, -0.1) is 0 Å². The molecule has 0 radical (unpaired) electrons. The van der Waals surface area contributed by atoms with Gasteiger partial charge in [0, 0.05) is 18.5 Å². The third-order valence-corrected chi connectivity index (χ3v) is 4.23. The monoisotopic (exact) mass is 382 g/mol. The van der Waals surface area contributed by atoms with Crippen molar-refractivity contribution in [2.24, 2.45) is 5.84 Å². The Kier molecular flexibility index (Phi) is 7.09. The molecule has 1 aromatic heterocycles. The maximum Gasteiger partial charge on any atom is 0.143 e. The van der Waals surface area contributed by atoms with Gasteiger partial charge >= 0.3 is 0 Å². The van der Waals surface area contributed by atoms with Crippen LogP contribution in [0.25, 0.3) is 17.0 Å². The highest BCUT2D eigenvalue weighted by molar-refractivity contribution is 5.82. The first-order valence-electron chi connectivity index (χ1n) is 9.06. The molecule has 0 aliphatic heterocycles. The van der Waals surface area contributed by atoms with Gasteiger partial charge in [0.25, 0.3) is 0 Å². The highest BCUT2D eigenvalue weighted by atomic mass is 16.5. The molecular weight excluding hydrogens is 352 g/mol. The average Bonchev–Trinajstić information content (AvgIpc) is 3.10. The van der Waals surface area contributed by atoms with Crippen molar-refractivity contribution in [3.63, 3.8) is 0 Å². The van der Waals surface area contributed by atoms with Gasteiger partial charge in [0.1, 0.15) is 17.1 Å². The predicted molar refractivity (Wildman–Crippen MR) is 118 cm³/mol. The van der Waals surface area contributed by atoms with E-state index in [9.17, 15) is 0 Å². The largest absolute Gasteiger partial charge is 0.495 e. The van der Waals surface area contributed by atoms with E-state index in [0.29, 0.717) is 0 Å². The van der Waals surface area contributed by atoms with Gasteiger partial charge in [-0.1, -0.05) is 33.4 Å². The number of nitrogens with one attached hydrogen (secondary N) is 3. The van der Waals surface area contributed by atoms with E-state index in [2.05, 4.69) is 55.8 Å². The minimum absolute atomic E-state index is 0.149. The molecule has 5 N–H and O–H groups in total. The summed E-state index contributed by atoms with van der Waals surface area (Å²) in [4.78, 5) is 0. The number of nitrogens with two attached hydrogens (primary N) is 1. The van der Waals surface area contributed by atoms with Crippen LogP contribution in [-0.4, -0.2) is 14.2 Å². The van der Waals surface area contributed by atoms with Crippen LogP contribution < -0.4 is 26.9 Å². The summed E-state index contributed by atoms with van der Waals surface area (Å²) < 4.78 is 10.7. The highest BCUT2D eigenvalue weighted by Gasteiger charge is 2.15. The predicted octanol–water partition coefficient (Wildman–Crippen LogP) is 4.90. The van der Waals surface area contributed by atoms with E-state index in [1.807, 2.05) is 37.4 Å². The first-order valence-corrected chi connectivity index (χ1v) is 9.06. The first-order chi connectivity index (χ1) is 13.3. The lowest BCUT2D eigenvalue weighted by Gasteiger charge is -2.21. The van der Waals surface area contributed by atoms with Crippen LogP contribution in [0.15, 0.2) is 53.5 Å². The first kappa shape index (κ1) is 21.3. The zero-order valence-corrected chi connectivity index (χ0v) is 17.2. The van der Waals surface area contributed by atoms with Gasteiger partial charge in [-0.25, -0.2) is 5.43 Å². The van der Waals surface area contributed by atoms with Gasteiger partial charge in [-0.05, 0) is 47.4 Å². The molecule has 0 aliphatic carbocycles. The van der Waals surface area contributed by atoms with E-state index >= 15 is 0 Å². The molecule has 0 atom stereocenters. The van der Waals surface area contributed by atoms with Crippen molar-refractivity contribution in [1.29, 1.82) is 0 Å². The molecule has 6 nitrogen and oxygen atoms in total. The topological polar surface area (TPSA) is 84.5 Å². The van der Waals surface area contributed by atoms with Gasteiger partial charge < -0.3 is 20.0 Å². The van der Waals surface area contributed by atoms with E-state index in [0.717, 1.165) is 33.9 Å². The number of rotatable bonds is 5. The Bertz CT molecular complexity index is 926. The van der Waals surface area contributed by atoms with Crippen LogP contribution >= 0.6 is 0 Å². The molecule has 0 amide bonds. The third kappa shape index (κ3) is 5.28. The summed E-state index contributed by atoms with van der Waals surface area (Å²) in [5, 5.41) is 1.05. The quantitative estimate of drug-likeness (QED) is 0.371. The third-order valence-electron chi connectivity index (χ3n) is 4.23. The van der Waals surface area contributed by atoms with Crippen molar-refractivity contribution in [3.05, 3.63) is 60.4 Å². The molecule has 0 saturated carbocycles. The molecule has 0 spiro atoms. The molecule has 2 aromatic carbocycles. The van der Waals surface area contributed by atoms with E-state index in [1.54, 1.807) is 13.2 Å². The molecule has 6 heteroatoms.